The molecule has 298 valence electrons. The van der Waals surface area contributed by atoms with E-state index in [4.69, 9.17) is 9.05 Å². The van der Waals surface area contributed by atoms with Crippen molar-refractivity contribution in [2.45, 2.75) is 85.7 Å². The Kier molecular flexibility index (Phi) is 18.0. The number of pyridine rings is 1. The summed E-state index contributed by atoms with van der Waals surface area (Å²) in [4.78, 5) is 19.4. The Morgan fingerprint density at radius 2 is 1.76 bits per heavy atom. The number of nitrogens with one attached hydrogen (secondary N) is 2. The van der Waals surface area contributed by atoms with Crippen LogP contribution >= 0.6 is 7.60 Å². The van der Waals surface area contributed by atoms with Crippen LogP contribution in [0.4, 0.5) is 11.4 Å². The fourth-order valence-corrected chi connectivity index (χ4v) is 8.97. The minimum absolute atomic E-state index is 0.105. The molecule has 54 heavy (non-hydrogen) atoms. The lowest BCUT2D eigenvalue weighted by Gasteiger charge is -2.31. The first kappa shape index (κ1) is 43.5. The van der Waals surface area contributed by atoms with Gasteiger partial charge in [-0.1, -0.05) is 32.0 Å². The maximum atomic E-state index is 13.4. The number of anilines is 2. The van der Waals surface area contributed by atoms with E-state index in [1.807, 2.05) is 27.9 Å². The van der Waals surface area contributed by atoms with Crippen molar-refractivity contribution < 1.29 is 23.0 Å². The molecule has 0 radical (unpaired) electrons. The van der Waals surface area contributed by atoms with Gasteiger partial charge >= 0.3 is 7.60 Å². The number of nitrogens with zero attached hydrogens (tertiary/aromatic N) is 4. The summed E-state index contributed by atoms with van der Waals surface area (Å²) >= 11 is 0. The van der Waals surface area contributed by atoms with Crippen LogP contribution in [0.3, 0.4) is 0 Å². The molecule has 2 aromatic carbocycles. The molecular formula is C43H68N6O4P+. The molecule has 2 N–H and O–H groups in total. The lowest BCUT2D eigenvalue weighted by Crippen LogP contribution is -2.39. The van der Waals surface area contributed by atoms with Crippen LogP contribution in [-0.2, 0) is 31.4 Å². The van der Waals surface area contributed by atoms with E-state index in [2.05, 4.69) is 111 Å². The van der Waals surface area contributed by atoms with Gasteiger partial charge in [-0.2, -0.15) is 4.57 Å². The van der Waals surface area contributed by atoms with Crippen LogP contribution in [0.1, 0.15) is 83.5 Å². The number of hydrogen-bond donors (Lipinski definition) is 2. The maximum Gasteiger partial charge on any atom is 0.330 e. The van der Waals surface area contributed by atoms with Gasteiger partial charge in [-0.3, -0.25) is 9.36 Å². The number of likely N-dealkylation sites (N-methyl/N-ethyl adjacent to an activating group) is 1. The number of amides is 1. The van der Waals surface area contributed by atoms with E-state index in [9.17, 15) is 9.36 Å². The molecule has 0 saturated heterocycles. The fourth-order valence-electron chi connectivity index (χ4n) is 7.32. The van der Waals surface area contributed by atoms with Gasteiger partial charge in [0.15, 0.2) is 0 Å². The molecule has 0 saturated carbocycles. The second-order valence-corrected chi connectivity index (χ2v) is 16.8. The molecule has 1 unspecified atom stereocenters. The molecule has 1 amide bonds. The molecule has 10 nitrogen and oxygen atoms in total. The van der Waals surface area contributed by atoms with E-state index < -0.39 is 7.60 Å². The van der Waals surface area contributed by atoms with Crippen LogP contribution in [0.5, 0.6) is 0 Å². The Labute approximate surface area is 325 Å². The van der Waals surface area contributed by atoms with Crippen LogP contribution in [0, 0.1) is 0 Å². The van der Waals surface area contributed by atoms with Crippen molar-refractivity contribution in [3.05, 3.63) is 65.4 Å². The van der Waals surface area contributed by atoms with Gasteiger partial charge in [-0.25, -0.2) is 0 Å². The van der Waals surface area contributed by atoms with Crippen LogP contribution in [0.2, 0.25) is 0 Å². The number of aromatic nitrogens is 1. The normalized spacial score (nSPS) is 14.0. The number of rotatable bonds is 24. The molecule has 2 heterocycles. The Morgan fingerprint density at radius 1 is 1.00 bits per heavy atom. The van der Waals surface area contributed by atoms with Gasteiger partial charge in [0, 0.05) is 69.0 Å². The highest BCUT2D eigenvalue weighted by molar-refractivity contribution is 7.53. The Balaban J connectivity index is 1.59. The zero-order valence-corrected chi connectivity index (χ0v) is 35.1. The first-order valence-corrected chi connectivity index (χ1v) is 22.1. The minimum atomic E-state index is -3.16. The van der Waals surface area contributed by atoms with Gasteiger partial charge in [0.05, 0.1) is 30.4 Å². The van der Waals surface area contributed by atoms with Gasteiger partial charge in [-0.15, -0.1) is 0 Å². The lowest BCUT2D eigenvalue weighted by molar-refractivity contribution is -0.672. The van der Waals surface area contributed by atoms with E-state index in [1.54, 1.807) is 0 Å². The summed E-state index contributed by atoms with van der Waals surface area (Å²) in [5.41, 5.74) is 7.04. The van der Waals surface area contributed by atoms with E-state index in [0.717, 1.165) is 87.4 Å². The van der Waals surface area contributed by atoms with E-state index in [0.29, 0.717) is 51.3 Å². The summed E-state index contributed by atoms with van der Waals surface area (Å²) in [6, 6.07) is 17.9. The van der Waals surface area contributed by atoms with E-state index in [-0.39, 0.29) is 5.91 Å². The van der Waals surface area contributed by atoms with Crippen molar-refractivity contribution in [3.63, 3.8) is 0 Å². The number of benzene rings is 2. The molecule has 1 aromatic heterocycles. The number of aryl methyl sites for hydroxylation is 2. The highest BCUT2D eigenvalue weighted by Crippen LogP contribution is 2.48. The molecule has 3 aromatic rings. The van der Waals surface area contributed by atoms with Crippen LogP contribution < -0.4 is 20.1 Å². The van der Waals surface area contributed by atoms with Crippen molar-refractivity contribution >= 4 is 47.9 Å². The van der Waals surface area contributed by atoms with Crippen LogP contribution in [0.15, 0.2) is 48.5 Å². The highest BCUT2D eigenvalue weighted by atomic mass is 31.2. The van der Waals surface area contributed by atoms with Crippen molar-refractivity contribution in [2.75, 3.05) is 89.5 Å². The largest absolute Gasteiger partial charge is 0.382 e. The zero-order valence-electron chi connectivity index (χ0n) is 34.2. The molecule has 0 fully saturated rings. The molecular weight excluding hydrogens is 695 g/mol. The summed E-state index contributed by atoms with van der Waals surface area (Å²) < 4.78 is 27.0. The highest BCUT2D eigenvalue weighted by Gasteiger charge is 2.26. The van der Waals surface area contributed by atoms with Crippen LogP contribution in [-0.4, -0.2) is 101 Å². The molecule has 1 aliphatic rings. The Hall–Kier alpha value is -3.27. The summed E-state index contributed by atoms with van der Waals surface area (Å²) in [6.07, 6.45) is 10.3. The quantitative estimate of drug-likeness (QED) is 0.0710. The summed E-state index contributed by atoms with van der Waals surface area (Å²) in [7, 11) is 0.871. The van der Waals surface area contributed by atoms with Gasteiger partial charge in [0.2, 0.25) is 17.1 Å². The van der Waals surface area contributed by atoms with Crippen molar-refractivity contribution in [2.24, 2.45) is 0 Å². The number of fused-ring (bicyclic) bond motifs is 2. The minimum Gasteiger partial charge on any atom is -0.382 e. The zero-order chi connectivity index (χ0) is 38.9. The fraction of sp³-hybridized carbons (Fsp3) is 0.581. The standard InChI is InChI=1S/C43H67N6O4P/c1-8-47(9-2)27-14-17-35(5)45-40-34-38(49(42-20-13-12-19-39(40)42)29-16-32-54(51,52-10-3)53-11-4)23-21-36-22-24-41-37(33-36)18-15-28-48(41)30-25-43(50)44-26-31-46(6)7/h12-13,19-24,33-35H,8-11,14-18,25-32H2,1-7H3,(H,44,50)/p+1. The smallest absolute Gasteiger partial charge is 0.330 e. The van der Waals surface area contributed by atoms with Crippen molar-refractivity contribution in [1.82, 2.24) is 15.1 Å². The molecule has 11 heteroatoms. The number of para-hydroxylation sites is 1. The first-order chi connectivity index (χ1) is 26.1. The topological polar surface area (TPSA) is 90.3 Å². The van der Waals surface area contributed by atoms with Gasteiger partial charge in [0.25, 0.3) is 0 Å². The predicted octanol–water partition coefficient (Wildman–Crippen LogP) is 7.70. The lowest BCUT2D eigenvalue weighted by atomic mass is 9.98. The van der Waals surface area contributed by atoms with Crippen molar-refractivity contribution in [3.8, 4) is 0 Å². The number of carbonyl (C=O) groups excluding carboxylic acids is 1. The Bertz CT molecular complexity index is 1680. The van der Waals surface area contributed by atoms with E-state index in [1.165, 1.54) is 16.6 Å². The van der Waals surface area contributed by atoms with Crippen molar-refractivity contribution in [1.29, 1.82) is 0 Å². The third-order valence-electron chi connectivity index (χ3n) is 10.2. The third-order valence-corrected chi connectivity index (χ3v) is 12.4. The third kappa shape index (κ3) is 13.2. The van der Waals surface area contributed by atoms with Gasteiger partial charge in [-0.05, 0) is 116 Å². The average Bonchev–Trinajstić information content (AvgIpc) is 3.15. The first-order valence-electron chi connectivity index (χ1n) is 20.4. The molecule has 4 rings (SSSR count). The SMILES string of the molecule is CCOP(=O)(CCC[n+]1c(C=Cc2ccc3c(c2)CCCN3CCC(=O)NCCN(C)C)cc(NC(C)CCCN(CC)CC)c2ccccc21)OCC. The second-order valence-electron chi connectivity index (χ2n) is 14.6. The summed E-state index contributed by atoms with van der Waals surface area (Å²) in [5.74, 6) is 0.105. The molecule has 0 spiro atoms. The average molecular weight is 764 g/mol. The summed E-state index contributed by atoms with van der Waals surface area (Å²) in [6.45, 7) is 18.3. The Morgan fingerprint density at radius 3 is 2.48 bits per heavy atom. The maximum absolute atomic E-state index is 13.4. The number of hydrogen-bond acceptors (Lipinski definition) is 8. The van der Waals surface area contributed by atoms with Gasteiger partial charge in [0.1, 0.15) is 6.54 Å². The van der Waals surface area contributed by atoms with Gasteiger partial charge < -0.3 is 34.4 Å². The number of carbonyl (C=O) groups is 1. The van der Waals surface area contributed by atoms with Crippen LogP contribution in [0.25, 0.3) is 23.1 Å². The van der Waals surface area contributed by atoms with E-state index >= 15 is 0 Å². The molecule has 0 bridgehead atoms. The molecule has 1 aliphatic heterocycles. The molecule has 1 atom stereocenters. The molecule has 0 aliphatic carbocycles. The summed E-state index contributed by atoms with van der Waals surface area (Å²) in [5, 5.41) is 8.09. The monoisotopic (exact) mass is 764 g/mol. The second kappa shape index (κ2) is 22.3. The predicted molar refractivity (Wildman–Crippen MR) is 227 cm³/mol.